The molecule has 0 unspecified atom stereocenters. The first-order valence-corrected chi connectivity index (χ1v) is 14.5. The summed E-state index contributed by atoms with van der Waals surface area (Å²) in [6, 6.07) is 18.8. The summed E-state index contributed by atoms with van der Waals surface area (Å²) in [5.74, 6) is 0.932. The number of benzene rings is 3. The Morgan fingerprint density at radius 3 is 2.52 bits per heavy atom. The van der Waals surface area contributed by atoms with E-state index in [1.807, 2.05) is 56.3 Å². The molecule has 3 amide bonds. The number of carbonyl (C=O) groups excluding carboxylic acids is 3. The standard InChI is InChI=1S/C31H31BrN2O5S/c1-19(2)23-11-9-20(3)15-27(23)38-14-13-34-30(36)28(40-31(34)37)17-22-10-12-26(24(32)16-22)39-18-29(35)33-25-8-6-5-7-21(25)4/h5-12,15-17,19H,13-14,18H2,1-4H3,(H,33,35)/b28-17-. The zero-order valence-corrected chi connectivity index (χ0v) is 25.2. The van der Waals surface area contributed by atoms with E-state index in [2.05, 4.69) is 35.1 Å². The first-order chi connectivity index (χ1) is 19.1. The van der Waals surface area contributed by atoms with Crippen LogP contribution in [-0.4, -0.2) is 41.7 Å². The summed E-state index contributed by atoms with van der Waals surface area (Å²) in [4.78, 5) is 39.4. The van der Waals surface area contributed by atoms with E-state index in [1.165, 1.54) is 4.90 Å². The number of thioether (sulfide) groups is 1. The van der Waals surface area contributed by atoms with Gasteiger partial charge in [-0.1, -0.05) is 50.2 Å². The van der Waals surface area contributed by atoms with Crippen LogP contribution < -0.4 is 14.8 Å². The maximum Gasteiger partial charge on any atom is 0.293 e. The SMILES string of the molecule is Cc1ccc(C(C)C)c(OCCN2C(=O)S/C(=C\c3ccc(OCC(=O)Nc4ccccc4C)c(Br)c3)C2=O)c1. The van der Waals surface area contributed by atoms with Gasteiger partial charge in [-0.2, -0.15) is 0 Å². The van der Waals surface area contributed by atoms with Crippen LogP contribution in [0.15, 0.2) is 70.0 Å². The van der Waals surface area contributed by atoms with Gasteiger partial charge in [0.2, 0.25) is 0 Å². The molecule has 1 fully saturated rings. The summed E-state index contributed by atoms with van der Waals surface area (Å²) in [5, 5.41) is 2.50. The topological polar surface area (TPSA) is 84.9 Å². The smallest absolute Gasteiger partial charge is 0.293 e. The van der Waals surface area contributed by atoms with E-state index in [0.717, 1.165) is 39.9 Å². The molecular formula is C31H31BrN2O5S. The average Bonchev–Trinajstić information content (AvgIpc) is 3.16. The highest BCUT2D eigenvalue weighted by atomic mass is 79.9. The Bertz CT molecular complexity index is 1470. The lowest BCUT2D eigenvalue weighted by molar-refractivity contribution is -0.123. The third-order valence-electron chi connectivity index (χ3n) is 6.27. The first-order valence-electron chi connectivity index (χ1n) is 12.9. The highest BCUT2D eigenvalue weighted by Gasteiger charge is 2.34. The number of amides is 3. The number of anilines is 1. The third-order valence-corrected chi connectivity index (χ3v) is 7.80. The first kappa shape index (κ1) is 29.4. The normalized spacial score (nSPS) is 14.2. The van der Waals surface area contributed by atoms with E-state index in [9.17, 15) is 14.4 Å². The Morgan fingerprint density at radius 2 is 1.80 bits per heavy atom. The molecule has 0 aromatic heterocycles. The van der Waals surface area contributed by atoms with E-state index < -0.39 is 0 Å². The number of hydrogen-bond acceptors (Lipinski definition) is 6. The van der Waals surface area contributed by atoms with E-state index in [4.69, 9.17) is 9.47 Å². The number of carbonyl (C=O) groups is 3. The van der Waals surface area contributed by atoms with Gasteiger partial charge in [-0.3, -0.25) is 19.3 Å². The van der Waals surface area contributed by atoms with Crippen molar-refractivity contribution in [3.63, 3.8) is 0 Å². The largest absolute Gasteiger partial charge is 0.491 e. The predicted molar refractivity (Wildman–Crippen MR) is 163 cm³/mol. The van der Waals surface area contributed by atoms with Gasteiger partial charge in [-0.05, 0) is 100 Å². The van der Waals surface area contributed by atoms with E-state index in [-0.39, 0.29) is 36.8 Å². The monoisotopic (exact) mass is 622 g/mol. The number of halogens is 1. The van der Waals surface area contributed by atoms with Crippen molar-refractivity contribution in [2.45, 2.75) is 33.6 Å². The second kappa shape index (κ2) is 13.2. The fourth-order valence-corrected chi connectivity index (χ4v) is 5.48. The molecule has 4 rings (SSSR count). The zero-order chi connectivity index (χ0) is 28.8. The Hall–Kier alpha value is -3.56. The van der Waals surface area contributed by atoms with E-state index in [0.29, 0.717) is 26.6 Å². The lowest BCUT2D eigenvalue weighted by Crippen LogP contribution is -2.32. The number of para-hydroxylation sites is 1. The minimum absolute atomic E-state index is 0.158. The van der Waals surface area contributed by atoms with Crippen LogP contribution >= 0.6 is 27.7 Å². The minimum atomic E-state index is -0.351. The zero-order valence-electron chi connectivity index (χ0n) is 22.8. The number of aryl methyl sites for hydroxylation is 2. The molecule has 0 spiro atoms. The molecule has 3 aromatic carbocycles. The summed E-state index contributed by atoms with van der Waals surface area (Å²) in [6.45, 7) is 8.33. The van der Waals surface area contributed by atoms with Gasteiger partial charge in [0.1, 0.15) is 18.1 Å². The van der Waals surface area contributed by atoms with Gasteiger partial charge in [0.05, 0.1) is 15.9 Å². The number of nitrogens with one attached hydrogen (secondary N) is 1. The summed E-state index contributed by atoms with van der Waals surface area (Å²) in [5.41, 5.74) is 4.59. The minimum Gasteiger partial charge on any atom is -0.491 e. The number of nitrogens with zero attached hydrogens (tertiary/aromatic N) is 1. The van der Waals surface area contributed by atoms with Gasteiger partial charge in [0.15, 0.2) is 6.61 Å². The van der Waals surface area contributed by atoms with Crippen LogP contribution in [0.4, 0.5) is 10.5 Å². The van der Waals surface area contributed by atoms with Crippen LogP contribution in [0.25, 0.3) is 6.08 Å². The maximum absolute atomic E-state index is 13.0. The number of ether oxygens (including phenoxy) is 2. The van der Waals surface area contributed by atoms with E-state index in [1.54, 1.807) is 24.3 Å². The van der Waals surface area contributed by atoms with Gasteiger partial charge < -0.3 is 14.8 Å². The van der Waals surface area contributed by atoms with Gasteiger partial charge in [0, 0.05) is 5.69 Å². The quantitative estimate of drug-likeness (QED) is 0.238. The van der Waals surface area contributed by atoms with Crippen molar-refractivity contribution in [2.75, 3.05) is 25.1 Å². The van der Waals surface area contributed by atoms with Crippen LogP contribution in [0.5, 0.6) is 11.5 Å². The highest BCUT2D eigenvalue weighted by molar-refractivity contribution is 9.10. The van der Waals surface area contributed by atoms with Crippen molar-refractivity contribution in [3.8, 4) is 11.5 Å². The van der Waals surface area contributed by atoms with Crippen molar-refractivity contribution in [1.82, 2.24) is 4.90 Å². The summed E-state index contributed by atoms with van der Waals surface area (Å²) in [6.07, 6.45) is 1.67. The van der Waals surface area contributed by atoms with Gasteiger partial charge >= 0.3 is 0 Å². The molecule has 3 aromatic rings. The van der Waals surface area contributed by atoms with Crippen molar-refractivity contribution < 1.29 is 23.9 Å². The lowest BCUT2D eigenvalue weighted by Gasteiger charge is -2.17. The summed E-state index contributed by atoms with van der Waals surface area (Å²) >= 11 is 4.37. The van der Waals surface area contributed by atoms with Gasteiger partial charge in [0.25, 0.3) is 17.1 Å². The van der Waals surface area contributed by atoms with Gasteiger partial charge in [-0.25, -0.2) is 0 Å². The molecule has 0 aliphatic carbocycles. The molecule has 0 atom stereocenters. The number of hydrogen-bond donors (Lipinski definition) is 1. The Labute approximate surface area is 247 Å². The summed E-state index contributed by atoms with van der Waals surface area (Å²) in [7, 11) is 0. The Kier molecular flexibility index (Phi) is 9.71. The van der Waals surface area contributed by atoms with Crippen LogP contribution in [0.1, 0.15) is 42.0 Å². The molecule has 9 heteroatoms. The molecule has 40 heavy (non-hydrogen) atoms. The molecule has 1 N–H and O–H groups in total. The van der Waals surface area contributed by atoms with E-state index >= 15 is 0 Å². The van der Waals surface area contributed by atoms with Crippen molar-refractivity contribution in [2.24, 2.45) is 0 Å². The average molecular weight is 624 g/mol. The van der Waals surface area contributed by atoms with Crippen LogP contribution in [-0.2, 0) is 9.59 Å². The fraction of sp³-hybridized carbons (Fsp3) is 0.258. The Balaban J connectivity index is 1.34. The second-order valence-electron chi connectivity index (χ2n) is 9.72. The predicted octanol–water partition coefficient (Wildman–Crippen LogP) is 7.32. The van der Waals surface area contributed by atoms with Crippen molar-refractivity contribution in [3.05, 3.63) is 92.3 Å². The van der Waals surface area contributed by atoms with Gasteiger partial charge in [-0.15, -0.1) is 0 Å². The van der Waals surface area contributed by atoms with Crippen LogP contribution in [0.2, 0.25) is 0 Å². The fourth-order valence-electron chi connectivity index (χ4n) is 4.10. The Morgan fingerprint density at radius 1 is 1.02 bits per heavy atom. The lowest BCUT2D eigenvalue weighted by atomic mass is 10.0. The summed E-state index contributed by atoms with van der Waals surface area (Å²) < 4.78 is 12.3. The van der Waals surface area contributed by atoms with Crippen molar-refractivity contribution in [1.29, 1.82) is 0 Å². The molecule has 0 bridgehead atoms. The molecule has 7 nitrogen and oxygen atoms in total. The molecule has 1 aliphatic rings. The molecule has 0 saturated carbocycles. The number of rotatable bonds is 10. The molecule has 208 valence electrons. The molecule has 1 heterocycles. The number of imide groups is 1. The molecular weight excluding hydrogens is 592 g/mol. The third kappa shape index (κ3) is 7.34. The molecule has 1 saturated heterocycles. The van der Waals surface area contributed by atoms with Crippen LogP contribution in [0.3, 0.4) is 0 Å². The second-order valence-corrected chi connectivity index (χ2v) is 11.6. The maximum atomic E-state index is 13.0. The molecule has 0 radical (unpaired) electrons. The van der Waals surface area contributed by atoms with Crippen molar-refractivity contribution >= 4 is 56.5 Å². The highest BCUT2D eigenvalue weighted by Crippen LogP contribution is 2.34. The van der Waals surface area contributed by atoms with Crippen LogP contribution in [0, 0.1) is 13.8 Å². The molecule has 1 aliphatic heterocycles.